The zero-order valence-corrected chi connectivity index (χ0v) is 12.6. The van der Waals surface area contributed by atoms with Crippen LogP contribution in [0, 0.1) is 5.92 Å². The van der Waals surface area contributed by atoms with Gasteiger partial charge in [0.15, 0.2) is 0 Å². The number of nitrogens with two attached hydrogens (primary N) is 1. The molecule has 1 saturated carbocycles. The molecule has 1 aliphatic rings. The SMILES string of the molecule is CCC(C(N)c1ccccc1)S(=O)CC1CCCC1. The summed E-state index contributed by atoms with van der Waals surface area (Å²) in [5.41, 5.74) is 7.44. The first-order valence-corrected chi connectivity index (χ1v) is 8.78. The van der Waals surface area contributed by atoms with Crippen LogP contribution in [0.2, 0.25) is 0 Å². The summed E-state index contributed by atoms with van der Waals surface area (Å²) in [4.78, 5) is 0. The topological polar surface area (TPSA) is 43.1 Å². The number of hydrogen-bond donors (Lipinski definition) is 1. The Hall–Kier alpha value is -0.670. The maximum Gasteiger partial charge on any atom is 0.0538 e. The Kier molecular flexibility index (Phi) is 5.59. The van der Waals surface area contributed by atoms with E-state index in [0.717, 1.165) is 17.7 Å². The van der Waals surface area contributed by atoms with E-state index in [1.165, 1.54) is 25.7 Å². The van der Waals surface area contributed by atoms with Crippen LogP contribution in [0.4, 0.5) is 0 Å². The highest BCUT2D eigenvalue weighted by Gasteiger charge is 2.27. The fraction of sp³-hybridized carbons (Fsp3) is 0.625. The third kappa shape index (κ3) is 3.90. The predicted octanol–water partition coefficient (Wildman–Crippen LogP) is 3.40. The van der Waals surface area contributed by atoms with Crippen LogP contribution in [0.3, 0.4) is 0 Å². The first kappa shape index (κ1) is 14.7. The minimum atomic E-state index is -0.803. The van der Waals surface area contributed by atoms with Gasteiger partial charge in [-0.15, -0.1) is 0 Å². The highest BCUT2D eigenvalue weighted by molar-refractivity contribution is 7.85. The lowest BCUT2D eigenvalue weighted by Gasteiger charge is -2.24. The Morgan fingerprint density at radius 2 is 1.89 bits per heavy atom. The minimum Gasteiger partial charge on any atom is -0.323 e. The predicted molar refractivity (Wildman–Crippen MR) is 82.4 cm³/mol. The summed E-state index contributed by atoms with van der Waals surface area (Å²) in [6, 6.07) is 9.98. The maximum atomic E-state index is 12.6. The van der Waals surface area contributed by atoms with Crippen LogP contribution in [0.1, 0.15) is 50.6 Å². The standard InChI is InChI=1S/C16H25NOS/c1-2-15(16(17)14-10-4-3-5-11-14)19(18)12-13-8-6-7-9-13/h3-5,10-11,13,15-16H,2,6-9,12,17H2,1H3. The van der Waals surface area contributed by atoms with Crippen LogP contribution >= 0.6 is 0 Å². The van der Waals surface area contributed by atoms with Gasteiger partial charge in [0.2, 0.25) is 0 Å². The van der Waals surface area contributed by atoms with Crippen molar-refractivity contribution in [3.05, 3.63) is 35.9 Å². The molecule has 1 aromatic rings. The second-order valence-corrected chi connectivity index (χ2v) is 7.28. The number of hydrogen-bond acceptors (Lipinski definition) is 2. The lowest BCUT2D eigenvalue weighted by Crippen LogP contribution is -2.32. The summed E-state index contributed by atoms with van der Waals surface area (Å²) in [6.45, 7) is 2.10. The van der Waals surface area contributed by atoms with Gasteiger partial charge in [-0.05, 0) is 30.7 Å². The molecule has 0 bridgehead atoms. The molecule has 2 nitrogen and oxygen atoms in total. The molecule has 0 heterocycles. The second-order valence-electron chi connectivity index (χ2n) is 5.58. The van der Waals surface area contributed by atoms with Crippen molar-refractivity contribution in [3.63, 3.8) is 0 Å². The summed E-state index contributed by atoms with van der Waals surface area (Å²) >= 11 is 0. The van der Waals surface area contributed by atoms with Crippen molar-refractivity contribution >= 4 is 10.8 Å². The van der Waals surface area contributed by atoms with Gasteiger partial charge in [-0.3, -0.25) is 4.21 Å². The maximum absolute atomic E-state index is 12.6. The summed E-state index contributed by atoms with van der Waals surface area (Å²) in [6.07, 6.45) is 6.01. The van der Waals surface area contributed by atoms with Crippen molar-refractivity contribution in [1.82, 2.24) is 0 Å². The van der Waals surface area contributed by atoms with Gasteiger partial charge < -0.3 is 5.73 Å². The molecule has 0 aliphatic heterocycles. The molecular formula is C16H25NOS. The van der Waals surface area contributed by atoms with Crippen molar-refractivity contribution in [1.29, 1.82) is 0 Å². The van der Waals surface area contributed by atoms with Crippen molar-refractivity contribution in [2.45, 2.75) is 50.3 Å². The molecule has 1 aliphatic carbocycles. The zero-order valence-electron chi connectivity index (χ0n) is 11.8. The van der Waals surface area contributed by atoms with Crippen LogP contribution in [0.15, 0.2) is 30.3 Å². The Bertz CT molecular complexity index is 400. The molecule has 0 aromatic heterocycles. The quantitative estimate of drug-likeness (QED) is 0.867. The normalized spacial score (nSPS) is 21.2. The number of rotatable bonds is 6. The van der Waals surface area contributed by atoms with Crippen molar-refractivity contribution in [2.75, 3.05) is 5.75 Å². The molecule has 0 radical (unpaired) electrons. The third-order valence-corrected chi connectivity index (χ3v) is 6.30. The molecule has 0 saturated heterocycles. The van der Waals surface area contributed by atoms with Gasteiger partial charge in [-0.25, -0.2) is 0 Å². The van der Waals surface area contributed by atoms with Crippen LogP contribution in [0.5, 0.6) is 0 Å². The lowest BCUT2D eigenvalue weighted by molar-refractivity contribution is 0.578. The van der Waals surface area contributed by atoms with E-state index in [1.807, 2.05) is 30.3 Å². The molecule has 3 heteroatoms. The van der Waals surface area contributed by atoms with Gasteiger partial charge >= 0.3 is 0 Å². The summed E-state index contributed by atoms with van der Waals surface area (Å²) in [7, 11) is -0.803. The highest BCUT2D eigenvalue weighted by Crippen LogP contribution is 2.28. The van der Waals surface area contributed by atoms with E-state index in [-0.39, 0.29) is 11.3 Å². The molecular weight excluding hydrogens is 254 g/mol. The molecule has 0 spiro atoms. The van der Waals surface area contributed by atoms with E-state index in [1.54, 1.807) is 0 Å². The van der Waals surface area contributed by atoms with Gasteiger partial charge in [0.25, 0.3) is 0 Å². The van der Waals surface area contributed by atoms with Crippen LogP contribution in [-0.2, 0) is 10.8 Å². The molecule has 106 valence electrons. The average Bonchev–Trinajstić information content (AvgIpc) is 2.93. The first-order valence-electron chi connectivity index (χ1n) is 7.40. The van der Waals surface area contributed by atoms with E-state index in [9.17, 15) is 4.21 Å². The second kappa shape index (κ2) is 7.20. The molecule has 3 unspecified atom stereocenters. The fourth-order valence-corrected chi connectivity index (χ4v) is 4.93. The minimum absolute atomic E-state index is 0.0861. The number of benzene rings is 1. The van der Waals surface area contributed by atoms with Crippen molar-refractivity contribution < 1.29 is 4.21 Å². The molecule has 0 amide bonds. The Balaban J connectivity index is 2.00. The molecule has 1 aromatic carbocycles. The summed E-state index contributed by atoms with van der Waals surface area (Å²) in [5.74, 6) is 1.51. The van der Waals surface area contributed by atoms with Gasteiger partial charge in [-0.1, -0.05) is 50.1 Å². The Labute approximate surface area is 119 Å². The largest absolute Gasteiger partial charge is 0.323 e. The fourth-order valence-electron chi connectivity index (χ4n) is 3.03. The van der Waals surface area contributed by atoms with Crippen molar-refractivity contribution in [3.8, 4) is 0 Å². The third-order valence-electron chi connectivity index (χ3n) is 4.20. The van der Waals surface area contributed by atoms with Crippen LogP contribution < -0.4 is 5.73 Å². The molecule has 2 N–H and O–H groups in total. The Morgan fingerprint density at radius 1 is 1.26 bits per heavy atom. The first-order chi connectivity index (χ1) is 9.22. The van der Waals surface area contributed by atoms with Gasteiger partial charge in [0, 0.05) is 22.6 Å². The molecule has 1 fully saturated rings. The average molecular weight is 279 g/mol. The van der Waals surface area contributed by atoms with Crippen molar-refractivity contribution in [2.24, 2.45) is 11.7 Å². The van der Waals surface area contributed by atoms with Gasteiger partial charge in [0.1, 0.15) is 0 Å². The monoisotopic (exact) mass is 279 g/mol. The summed E-state index contributed by atoms with van der Waals surface area (Å²) in [5, 5.41) is 0.0861. The zero-order chi connectivity index (χ0) is 13.7. The van der Waals surface area contributed by atoms with E-state index >= 15 is 0 Å². The van der Waals surface area contributed by atoms with E-state index in [0.29, 0.717) is 5.92 Å². The summed E-state index contributed by atoms with van der Waals surface area (Å²) < 4.78 is 12.6. The van der Waals surface area contributed by atoms with E-state index in [4.69, 9.17) is 5.73 Å². The molecule has 3 atom stereocenters. The van der Waals surface area contributed by atoms with Gasteiger partial charge in [-0.2, -0.15) is 0 Å². The Morgan fingerprint density at radius 3 is 2.47 bits per heavy atom. The molecule has 19 heavy (non-hydrogen) atoms. The molecule has 2 rings (SSSR count). The smallest absolute Gasteiger partial charge is 0.0538 e. The van der Waals surface area contributed by atoms with E-state index in [2.05, 4.69) is 6.92 Å². The van der Waals surface area contributed by atoms with Gasteiger partial charge in [0.05, 0.1) is 5.25 Å². The van der Waals surface area contributed by atoms with Crippen LogP contribution in [-0.4, -0.2) is 15.2 Å². The highest BCUT2D eigenvalue weighted by atomic mass is 32.2. The van der Waals surface area contributed by atoms with E-state index < -0.39 is 10.8 Å². The lowest BCUT2D eigenvalue weighted by atomic mass is 10.0. The van der Waals surface area contributed by atoms with Crippen LogP contribution in [0.25, 0.3) is 0 Å².